The van der Waals surface area contributed by atoms with Crippen molar-refractivity contribution < 1.29 is 23.5 Å². The molecule has 0 heterocycles. The molecule has 0 amide bonds. The van der Waals surface area contributed by atoms with Gasteiger partial charge in [0.05, 0.1) is 0 Å². The zero-order valence-electron chi connectivity index (χ0n) is 60.0. The highest BCUT2D eigenvalue weighted by Gasteiger charge is 2.04. The van der Waals surface area contributed by atoms with Gasteiger partial charge in [-0.05, 0) is 273 Å². The van der Waals surface area contributed by atoms with E-state index in [0.29, 0.717) is 0 Å². The van der Waals surface area contributed by atoms with Gasteiger partial charge < -0.3 is 0 Å². The van der Waals surface area contributed by atoms with Gasteiger partial charge in [0, 0.05) is 24.5 Å². The van der Waals surface area contributed by atoms with Gasteiger partial charge in [0.2, 0.25) is 0 Å². The molecular weight excluding hydrogens is 1340 g/mol. The zero-order chi connectivity index (χ0) is 67.5. The van der Waals surface area contributed by atoms with Crippen molar-refractivity contribution in [3.63, 3.8) is 0 Å². The van der Waals surface area contributed by atoms with E-state index >= 15 is 0 Å². The minimum Gasteiger partial charge on any atom is -0.269 e. The van der Waals surface area contributed by atoms with Gasteiger partial charge in [-0.3, -0.25) is 23.5 Å². The summed E-state index contributed by atoms with van der Waals surface area (Å²) in [5.74, 6) is 0. The average Bonchev–Trinajstić information content (AvgIpc) is 1.06. The van der Waals surface area contributed by atoms with Crippen LogP contribution in [-0.2, 0) is 96.3 Å². The lowest BCUT2D eigenvalue weighted by Gasteiger charge is -2.05. The Hall–Kier alpha value is -6.40. The Morgan fingerprint density at radius 1 is 0.140 bits per heavy atom. The summed E-state index contributed by atoms with van der Waals surface area (Å²) in [5, 5.41) is 0. The summed E-state index contributed by atoms with van der Waals surface area (Å²) in [6.45, 7) is 11.2. The molecule has 540 valence electrons. The van der Waals surface area contributed by atoms with E-state index in [1.54, 1.807) is 0 Å². The number of halogens is 5. The van der Waals surface area contributed by atoms with Crippen molar-refractivity contribution in [1.29, 1.82) is 0 Å². The molecule has 0 unspecified atom stereocenters. The van der Waals surface area contributed by atoms with Crippen LogP contribution in [0.3, 0.4) is 0 Å². The number of unbranched alkanes of at least 4 members (excludes halogenated alkanes) is 5. The molecule has 0 aliphatic heterocycles. The van der Waals surface area contributed by atoms with Crippen LogP contribution in [0, 0.1) is 0 Å². The largest absolute Gasteiger partial charge is 0.269 e. The molecule has 0 saturated heterocycles. The molecule has 10 rings (SSSR count). The minimum absolute atomic E-state index is 0. The van der Waals surface area contributed by atoms with E-state index in [9.17, 15) is 0 Å². The van der Waals surface area contributed by atoms with Gasteiger partial charge in [-0.15, -0.1) is 63.1 Å². The van der Waals surface area contributed by atoms with Gasteiger partial charge in [-0.1, -0.05) is 249 Å². The predicted octanol–water partition coefficient (Wildman–Crippen LogP) is 26.3. The Morgan fingerprint density at radius 2 is 0.220 bits per heavy atom. The van der Waals surface area contributed by atoms with Gasteiger partial charge in [-0.25, -0.2) is 0 Å². The normalized spacial score (nSPS) is 10.1. The molecule has 0 radical (unpaired) electrons. The molecule has 10 heteroatoms. The number of hydrogen-bond donors (Lipinski definition) is 5. The van der Waals surface area contributed by atoms with Crippen molar-refractivity contribution in [3.05, 3.63) is 326 Å². The molecule has 10 aromatic carbocycles. The monoisotopic (exact) mass is 1450 g/mol. The standard InChI is InChI=1S/5C18H22S.5FH/c5*1-2-3-4-15-5-7-16(8-6-15)9-10-17-11-13-18(19)14-12-17;;;;;/h5*5-8,11-14,19H,2-4,9-10H2,1H3;5*1H. The van der Waals surface area contributed by atoms with E-state index in [4.69, 9.17) is 0 Å². The Kier molecular flexibility index (Phi) is 50.6. The highest BCUT2D eigenvalue weighted by atomic mass is 32.1. The van der Waals surface area contributed by atoms with Crippen molar-refractivity contribution in [3.8, 4) is 0 Å². The van der Waals surface area contributed by atoms with Crippen LogP contribution in [0.25, 0.3) is 0 Å². The van der Waals surface area contributed by atoms with Crippen LogP contribution >= 0.6 is 63.1 Å². The lowest BCUT2D eigenvalue weighted by Crippen LogP contribution is -1.92. The molecule has 0 nitrogen and oxygen atoms in total. The van der Waals surface area contributed by atoms with Crippen LogP contribution in [0.1, 0.15) is 182 Å². The number of thiol groups is 5. The second-order valence-corrected chi connectivity index (χ2v) is 28.0. The first-order valence-corrected chi connectivity index (χ1v) is 37.9. The molecular formula is C90H115F5S5. The Balaban J connectivity index is 0.000000617. The molecule has 0 aliphatic rings. The summed E-state index contributed by atoms with van der Waals surface area (Å²) in [6, 6.07) is 87.8. The second-order valence-electron chi connectivity index (χ2n) is 25.4. The first kappa shape index (κ1) is 91.6. The molecule has 0 atom stereocenters. The van der Waals surface area contributed by atoms with Crippen LogP contribution in [0.4, 0.5) is 23.5 Å². The summed E-state index contributed by atoms with van der Waals surface area (Å²) < 4.78 is 0. The maximum Gasteiger partial charge on any atom is 0.00401 e. The van der Waals surface area contributed by atoms with Gasteiger partial charge in [-0.2, -0.15) is 0 Å². The fraction of sp³-hybridized carbons (Fsp3) is 0.333. The van der Waals surface area contributed by atoms with E-state index in [0.717, 1.165) is 88.7 Å². The van der Waals surface area contributed by atoms with Crippen LogP contribution in [-0.4, -0.2) is 0 Å². The quantitative estimate of drug-likeness (QED) is 0.0215. The van der Waals surface area contributed by atoms with Gasteiger partial charge in [0.25, 0.3) is 0 Å². The molecule has 100 heavy (non-hydrogen) atoms. The van der Waals surface area contributed by atoms with Crippen molar-refractivity contribution in [2.45, 2.75) is 220 Å². The fourth-order valence-corrected chi connectivity index (χ4v) is 11.8. The highest BCUT2D eigenvalue weighted by Crippen LogP contribution is 2.20. The lowest BCUT2D eigenvalue weighted by atomic mass is 10.0. The van der Waals surface area contributed by atoms with Crippen molar-refractivity contribution >= 4 is 63.1 Å². The van der Waals surface area contributed by atoms with Gasteiger partial charge in [0.15, 0.2) is 0 Å². The molecule has 0 fully saturated rings. The van der Waals surface area contributed by atoms with E-state index < -0.39 is 0 Å². The molecule has 0 aromatic heterocycles. The topological polar surface area (TPSA) is 0 Å². The smallest absolute Gasteiger partial charge is 0.00401 e. The molecule has 0 N–H and O–H groups in total. The van der Waals surface area contributed by atoms with Crippen molar-refractivity contribution in [2.24, 2.45) is 0 Å². The lowest BCUT2D eigenvalue weighted by molar-refractivity contribution is 0.794. The SMILES string of the molecule is CCCCc1ccc(CCc2ccc(S)cc2)cc1.CCCCc1ccc(CCc2ccc(S)cc2)cc1.CCCCc1ccc(CCc2ccc(S)cc2)cc1.CCCCc1ccc(CCc2ccc(S)cc2)cc1.CCCCc1ccc(CCc2ccc(S)cc2)cc1.F.F.F.F.F. The molecule has 10 aromatic rings. The first-order valence-electron chi connectivity index (χ1n) is 35.7. The summed E-state index contributed by atoms with van der Waals surface area (Å²) in [7, 11) is 0. The first-order chi connectivity index (χ1) is 46.4. The van der Waals surface area contributed by atoms with E-state index in [1.165, 1.54) is 180 Å². The Bertz CT molecular complexity index is 3000. The minimum atomic E-state index is 0. The number of benzene rings is 10. The summed E-state index contributed by atoms with van der Waals surface area (Å²) in [4.78, 5) is 5.16. The highest BCUT2D eigenvalue weighted by molar-refractivity contribution is 7.81. The predicted molar refractivity (Wildman–Crippen MR) is 443 cm³/mol. The van der Waals surface area contributed by atoms with Crippen LogP contribution in [0.15, 0.2) is 267 Å². The van der Waals surface area contributed by atoms with Gasteiger partial charge >= 0.3 is 0 Å². The molecule has 0 bridgehead atoms. The van der Waals surface area contributed by atoms with Crippen LogP contribution in [0.2, 0.25) is 0 Å². The Morgan fingerprint density at radius 3 is 0.310 bits per heavy atom. The van der Waals surface area contributed by atoms with Crippen LogP contribution in [0.5, 0.6) is 0 Å². The average molecular weight is 1450 g/mol. The van der Waals surface area contributed by atoms with Gasteiger partial charge in [0.1, 0.15) is 0 Å². The molecule has 0 aliphatic carbocycles. The molecule has 0 saturated carbocycles. The van der Waals surface area contributed by atoms with E-state index in [1.807, 2.05) is 0 Å². The summed E-state index contributed by atoms with van der Waals surface area (Å²) >= 11 is 21.5. The van der Waals surface area contributed by atoms with E-state index in [-0.39, 0.29) is 23.5 Å². The van der Waals surface area contributed by atoms with Crippen molar-refractivity contribution in [2.75, 3.05) is 0 Å². The van der Waals surface area contributed by atoms with Crippen molar-refractivity contribution in [1.82, 2.24) is 0 Å². The number of rotatable bonds is 30. The summed E-state index contributed by atoms with van der Waals surface area (Å²) in [6.07, 6.45) is 29.9. The molecule has 0 spiro atoms. The van der Waals surface area contributed by atoms with E-state index in [2.05, 4.69) is 340 Å². The third-order valence-corrected chi connectivity index (χ3v) is 18.9. The summed E-state index contributed by atoms with van der Waals surface area (Å²) in [5.41, 5.74) is 21.4. The zero-order valence-corrected chi connectivity index (χ0v) is 64.5. The maximum atomic E-state index is 4.31. The number of aryl methyl sites for hydroxylation is 15. The third-order valence-electron chi connectivity index (χ3n) is 17.4. The Labute approximate surface area is 627 Å². The fourth-order valence-electron chi connectivity index (χ4n) is 11.0. The number of hydrogen-bond acceptors (Lipinski definition) is 5. The maximum absolute atomic E-state index is 4.31. The third kappa shape index (κ3) is 39.1. The second kappa shape index (κ2) is 55.2. The van der Waals surface area contributed by atoms with Crippen LogP contribution < -0.4 is 0 Å².